The Labute approximate surface area is 208 Å². The van der Waals surface area contributed by atoms with Gasteiger partial charge in [-0.2, -0.15) is 0 Å². The molecule has 0 saturated heterocycles. The van der Waals surface area contributed by atoms with Crippen molar-refractivity contribution in [3.05, 3.63) is 131 Å². The third-order valence-electron chi connectivity index (χ3n) is 5.85. The van der Waals surface area contributed by atoms with Gasteiger partial charge in [0, 0.05) is 0 Å². The number of fused-ring (bicyclic) bond motifs is 1. The van der Waals surface area contributed by atoms with Gasteiger partial charge in [-0.05, 0) is 0 Å². The standard InChI is InChI=1S/C30H25N2O2Se/c1-22-12-5-8-17-26(22)32-29(31-25-16-7-6-15-24(25)30(32)34)20-11-21-35(23-13-3-2-4-14-23)28-19-10-9-18-27(28)33/h2-20,33H,21H2,1H3/b20-11+. The summed E-state index contributed by atoms with van der Waals surface area (Å²) in [6.45, 7) is 2.00. The Balaban J connectivity index is 1.60. The fraction of sp³-hybridized carbons (Fsp3) is 0.0667. The van der Waals surface area contributed by atoms with Crippen LogP contribution in [0.25, 0.3) is 22.7 Å². The molecule has 1 aromatic heterocycles. The molecule has 0 atom stereocenters. The first kappa shape index (κ1) is 22.9. The van der Waals surface area contributed by atoms with Crippen LogP contribution in [-0.2, 0) is 0 Å². The van der Waals surface area contributed by atoms with Gasteiger partial charge in [0.2, 0.25) is 0 Å². The normalized spacial score (nSPS) is 11.5. The number of aromatic nitrogens is 2. The monoisotopic (exact) mass is 525 g/mol. The van der Waals surface area contributed by atoms with Crippen molar-refractivity contribution >= 4 is 39.8 Å². The molecule has 5 heteroatoms. The summed E-state index contributed by atoms with van der Waals surface area (Å²) in [6, 6.07) is 33.2. The van der Waals surface area contributed by atoms with Crippen LogP contribution in [-0.4, -0.2) is 28.6 Å². The number of rotatable bonds is 6. The summed E-state index contributed by atoms with van der Waals surface area (Å²) in [5.74, 6) is 0.925. The van der Waals surface area contributed by atoms with E-state index in [0.717, 1.165) is 21.0 Å². The summed E-state index contributed by atoms with van der Waals surface area (Å²) in [5.41, 5.74) is 2.43. The van der Waals surface area contributed by atoms with Gasteiger partial charge < -0.3 is 0 Å². The Morgan fingerprint density at radius 3 is 2.34 bits per heavy atom. The van der Waals surface area contributed by atoms with Gasteiger partial charge in [-0.25, -0.2) is 0 Å². The summed E-state index contributed by atoms with van der Waals surface area (Å²) in [5, 5.41) is 11.9. The molecule has 35 heavy (non-hydrogen) atoms. The molecule has 0 fully saturated rings. The second kappa shape index (κ2) is 10.1. The number of nitrogens with zero attached hydrogens (tertiary/aromatic N) is 2. The molecule has 0 amide bonds. The number of benzene rings is 4. The molecular formula is C30H25N2O2Se. The van der Waals surface area contributed by atoms with Crippen molar-refractivity contribution < 1.29 is 5.11 Å². The summed E-state index contributed by atoms with van der Waals surface area (Å²) in [6.07, 6.45) is 4.04. The molecule has 5 rings (SSSR count). The van der Waals surface area contributed by atoms with Crippen LogP contribution in [0.15, 0.2) is 114 Å². The molecule has 173 valence electrons. The summed E-state index contributed by atoms with van der Waals surface area (Å²) < 4.78 is 3.93. The predicted molar refractivity (Wildman–Crippen MR) is 145 cm³/mol. The van der Waals surface area contributed by atoms with E-state index in [1.807, 2.05) is 97.9 Å². The number of phenolic OH excluding ortho intramolecular Hbond substituents is 1. The van der Waals surface area contributed by atoms with Crippen molar-refractivity contribution in [2.45, 2.75) is 12.2 Å². The Morgan fingerprint density at radius 2 is 1.54 bits per heavy atom. The molecule has 0 aliphatic heterocycles. The van der Waals surface area contributed by atoms with Crippen LogP contribution in [0.2, 0.25) is 5.32 Å². The zero-order chi connectivity index (χ0) is 24.2. The maximum atomic E-state index is 13.6. The van der Waals surface area contributed by atoms with Crippen molar-refractivity contribution in [3.63, 3.8) is 0 Å². The molecule has 0 aliphatic rings. The zero-order valence-electron chi connectivity index (χ0n) is 19.3. The second-order valence-electron chi connectivity index (χ2n) is 8.15. The number of aryl methyl sites for hydroxylation is 1. The first-order valence-electron chi connectivity index (χ1n) is 11.4. The average molecular weight is 525 g/mol. The second-order valence-corrected chi connectivity index (χ2v) is 12.4. The number of phenols is 1. The van der Waals surface area contributed by atoms with Crippen molar-refractivity contribution in [3.8, 4) is 11.4 Å². The quantitative estimate of drug-likeness (QED) is 0.327. The van der Waals surface area contributed by atoms with E-state index in [9.17, 15) is 9.90 Å². The van der Waals surface area contributed by atoms with Crippen LogP contribution >= 0.6 is 0 Å². The van der Waals surface area contributed by atoms with Gasteiger partial charge in [0.25, 0.3) is 0 Å². The van der Waals surface area contributed by atoms with Crippen molar-refractivity contribution in [2.75, 3.05) is 0 Å². The molecule has 0 saturated carbocycles. The maximum absolute atomic E-state index is 13.6. The van der Waals surface area contributed by atoms with Gasteiger partial charge in [-0.15, -0.1) is 0 Å². The van der Waals surface area contributed by atoms with Crippen LogP contribution in [0.3, 0.4) is 0 Å². The fourth-order valence-electron chi connectivity index (χ4n) is 4.12. The van der Waals surface area contributed by atoms with Gasteiger partial charge in [-0.3, -0.25) is 0 Å². The number of hydrogen-bond acceptors (Lipinski definition) is 3. The van der Waals surface area contributed by atoms with E-state index in [4.69, 9.17) is 4.98 Å². The topological polar surface area (TPSA) is 55.1 Å². The zero-order valence-corrected chi connectivity index (χ0v) is 21.0. The molecule has 4 nitrogen and oxygen atoms in total. The Bertz CT molecular complexity index is 1570. The Kier molecular flexibility index (Phi) is 6.62. The number of aromatic hydroxyl groups is 1. The minimum atomic E-state index is -1.57. The van der Waals surface area contributed by atoms with Gasteiger partial charge in [0.05, 0.1) is 0 Å². The third kappa shape index (κ3) is 4.69. The van der Waals surface area contributed by atoms with Gasteiger partial charge in [-0.1, -0.05) is 0 Å². The van der Waals surface area contributed by atoms with E-state index >= 15 is 0 Å². The molecule has 0 bridgehead atoms. The minimum absolute atomic E-state index is 0.0825. The molecule has 0 aliphatic carbocycles. The third-order valence-corrected chi connectivity index (χ3v) is 10.6. The Morgan fingerprint density at radius 1 is 0.857 bits per heavy atom. The van der Waals surface area contributed by atoms with E-state index in [1.165, 1.54) is 4.46 Å². The van der Waals surface area contributed by atoms with Gasteiger partial charge >= 0.3 is 209 Å². The van der Waals surface area contributed by atoms with Crippen LogP contribution in [0, 0.1) is 6.92 Å². The number of para-hydroxylation sites is 3. The SMILES string of the molecule is Cc1ccccc1-n1c(/C=C/C[Se](c2ccccc2)c2ccccc2O)nc2ccccc2c1=O. The van der Waals surface area contributed by atoms with Crippen LogP contribution in [0.4, 0.5) is 0 Å². The van der Waals surface area contributed by atoms with E-state index < -0.39 is 13.9 Å². The van der Waals surface area contributed by atoms with Crippen LogP contribution in [0.5, 0.6) is 5.75 Å². The van der Waals surface area contributed by atoms with E-state index in [1.54, 1.807) is 10.6 Å². The molecule has 1 N–H and O–H groups in total. The number of allylic oxidation sites excluding steroid dienone is 1. The van der Waals surface area contributed by atoms with Crippen molar-refractivity contribution in [2.24, 2.45) is 0 Å². The molecule has 1 heterocycles. The van der Waals surface area contributed by atoms with E-state index in [2.05, 4.69) is 18.2 Å². The molecule has 1 radical (unpaired) electrons. The number of hydrogen-bond donors (Lipinski definition) is 1. The van der Waals surface area contributed by atoms with E-state index in [-0.39, 0.29) is 5.56 Å². The molecule has 5 aromatic rings. The molecule has 0 unspecified atom stereocenters. The van der Waals surface area contributed by atoms with Gasteiger partial charge in [0.15, 0.2) is 0 Å². The molecule has 0 spiro atoms. The summed E-state index contributed by atoms with van der Waals surface area (Å²) >= 11 is -1.57. The Hall–Kier alpha value is -3.92. The van der Waals surface area contributed by atoms with E-state index in [0.29, 0.717) is 22.5 Å². The summed E-state index contributed by atoms with van der Waals surface area (Å²) in [7, 11) is 0. The van der Waals surface area contributed by atoms with Crippen molar-refractivity contribution in [1.29, 1.82) is 0 Å². The molecule has 4 aromatic carbocycles. The summed E-state index contributed by atoms with van der Waals surface area (Å²) in [4.78, 5) is 18.4. The van der Waals surface area contributed by atoms with Gasteiger partial charge in [0.1, 0.15) is 0 Å². The van der Waals surface area contributed by atoms with Crippen LogP contribution < -0.4 is 14.5 Å². The van der Waals surface area contributed by atoms with Crippen molar-refractivity contribution in [1.82, 2.24) is 9.55 Å². The fourth-order valence-corrected chi connectivity index (χ4v) is 8.24. The first-order valence-corrected chi connectivity index (χ1v) is 14.3. The molecular weight excluding hydrogens is 499 g/mol. The first-order chi connectivity index (χ1) is 17.1. The predicted octanol–water partition coefficient (Wildman–Crippen LogP) is 4.72. The van der Waals surface area contributed by atoms with Crippen LogP contribution in [0.1, 0.15) is 11.4 Å². The average Bonchev–Trinajstić information content (AvgIpc) is 2.89.